The molecule has 0 aromatic rings. The van der Waals surface area contributed by atoms with Gasteiger partial charge in [0.25, 0.3) is 0 Å². The van der Waals surface area contributed by atoms with Crippen molar-refractivity contribution in [3.8, 4) is 0 Å². The van der Waals surface area contributed by atoms with Crippen LogP contribution in [0.1, 0.15) is 20.3 Å². The van der Waals surface area contributed by atoms with Crippen molar-refractivity contribution in [2.24, 2.45) is 0 Å². The Balaban J connectivity index is 0.000000371. The van der Waals surface area contributed by atoms with Gasteiger partial charge in [0.15, 0.2) is 0 Å². The van der Waals surface area contributed by atoms with Crippen LogP contribution in [0.3, 0.4) is 0 Å². The topological polar surface area (TPSA) is 49.7 Å². The Bertz CT molecular complexity index is 67.3. The van der Waals surface area contributed by atoms with E-state index in [2.05, 4.69) is 0 Å². The van der Waals surface area contributed by atoms with Crippen LogP contribution in [0.5, 0.6) is 0 Å². The molecule has 2 atom stereocenters. The van der Waals surface area contributed by atoms with Gasteiger partial charge in [0.05, 0.1) is 25.4 Å². The van der Waals surface area contributed by atoms with Crippen LogP contribution in [0.4, 0.5) is 0 Å². The molecule has 10 heavy (non-hydrogen) atoms. The van der Waals surface area contributed by atoms with Gasteiger partial charge in [-0.05, 0) is 0 Å². The number of aliphatic hydroxyl groups excluding tert-OH is 2. The van der Waals surface area contributed by atoms with Crippen LogP contribution in [0.2, 0.25) is 0 Å². The molecular formula is C7H16O3. The third-order valence-electron chi connectivity index (χ3n) is 1.16. The van der Waals surface area contributed by atoms with Crippen LogP contribution in [0.25, 0.3) is 0 Å². The molecule has 0 amide bonds. The Morgan fingerprint density at radius 2 is 1.50 bits per heavy atom. The summed E-state index contributed by atoms with van der Waals surface area (Å²) in [4.78, 5) is 0. The number of hydrogen-bond donors (Lipinski definition) is 2. The fourth-order valence-electron chi connectivity index (χ4n) is 0.790. The fraction of sp³-hybridized carbons (Fsp3) is 1.00. The molecule has 3 nitrogen and oxygen atoms in total. The predicted molar refractivity (Wildman–Crippen MR) is 38.8 cm³/mol. The molecule has 0 radical (unpaired) electrons. The van der Waals surface area contributed by atoms with Gasteiger partial charge in [0.1, 0.15) is 0 Å². The van der Waals surface area contributed by atoms with Gasteiger partial charge in [0.2, 0.25) is 0 Å². The molecule has 3 heteroatoms. The molecular weight excluding hydrogens is 132 g/mol. The maximum atomic E-state index is 8.79. The van der Waals surface area contributed by atoms with E-state index in [1.807, 2.05) is 13.8 Å². The monoisotopic (exact) mass is 148 g/mol. The minimum Gasteiger partial charge on any atom is -0.391 e. The average molecular weight is 148 g/mol. The minimum atomic E-state index is -0.459. The van der Waals surface area contributed by atoms with Gasteiger partial charge in [0, 0.05) is 6.42 Å². The smallest absolute Gasteiger partial charge is 0.0799 e. The SMILES string of the molecule is CC.OC1COCC(O)C1. The van der Waals surface area contributed by atoms with Crippen molar-refractivity contribution >= 4 is 0 Å². The first-order valence-electron chi connectivity index (χ1n) is 3.73. The Hall–Kier alpha value is -0.120. The van der Waals surface area contributed by atoms with Crippen molar-refractivity contribution in [3.63, 3.8) is 0 Å². The van der Waals surface area contributed by atoms with Crippen molar-refractivity contribution in [3.05, 3.63) is 0 Å². The van der Waals surface area contributed by atoms with Gasteiger partial charge < -0.3 is 14.9 Å². The third kappa shape index (κ3) is 3.82. The summed E-state index contributed by atoms with van der Waals surface area (Å²) >= 11 is 0. The van der Waals surface area contributed by atoms with Crippen molar-refractivity contribution in [1.82, 2.24) is 0 Å². The quantitative estimate of drug-likeness (QED) is 0.514. The van der Waals surface area contributed by atoms with Crippen LogP contribution in [-0.2, 0) is 4.74 Å². The summed E-state index contributed by atoms with van der Waals surface area (Å²) in [5.41, 5.74) is 0. The van der Waals surface area contributed by atoms with Gasteiger partial charge >= 0.3 is 0 Å². The fourth-order valence-corrected chi connectivity index (χ4v) is 0.790. The molecule has 2 N–H and O–H groups in total. The van der Waals surface area contributed by atoms with E-state index in [4.69, 9.17) is 14.9 Å². The first-order chi connectivity index (χ1) is 4.79. The molecule has 1 aliphatic heterocycles. The van der Waals surface area contributed by atoms with Gasteiger partial charge in [-0.2, -0.15) is 0 Å². The highest BCUT2D eigenvalue weighted by molar-refractivity contribution is 4.66. The molecule has 0 aliphatic carbocycles. The number of aliphatic hydroxyl groups is 2. The summed E-state index contributed by atoms with van der Waals surface area (Å²) in [5, 5.41) is 17.6. The van der Waals surface area contributed by atoms with Crippen molar-refractivity contribution in [2.45, 2.75) is 32.5 Å². The summed E-state index contributed by atoms with van der Waals surface area (Å²) in [7, 11) is 0. The second-order valence-corrected chi connectivity index (χ2v) is 2.08. The second kappa shape index (κ2) is 5.65. The highest BCUT2D eigenvalue weighted by Crippen LogP contribution is 2.05. The van der Waals surface area contributed by atoms with Crippen LogP contribution in [0.15, 0.2) is 0 Å². The summed E-state index contributed by atoms with van der Waals surface area (Å²) < 4.78 is 4.79. The molecule has 0 saturated carbocycles. The molecule has 1 heterocycles. The Morgan fingerprint density at radius 3 is 1.70 bits per heavy atom. The van der Waals surface area contributed by atoms with E-state index in [-0.39, 0.29) is 0 Å². The highest BCUT2D eigenvalue weighted by Gasteiger charge is 2.17. The number of hydrogen-bond acceptors (Lipinski definition) is 3. The standard InChI is InChI=1S/C5H10O3.C2H6/c6-4-1-5(7)3-8-2-4;1-2/h4-7H,1-3H2;1-2H3. The van der Waals surface area contributed by atoms with E-state index in [1.54, 1.807) is 0 Å². The van der Waals surface area contributed by atoms with E-state index >= 15 is 0 Å². The van der Waals surface area contributed by atoms with Gasteiger partial charge in [-0.3, -0.25) is 0 Å². The molecule has 62 valence electrons. The summed E-state index contributed by atoms with van der Waals surface area (Å²) in [6.45, 7) is 4.74. The van der Waals surface area contributed by atoms with Gasteiger partial charge in [-0.1, -0.05) is 13.8 Å². The molecule has 1 saturated heterocycles. The number of rotatable bonds is 0. The van der Waals surface area contributed by atoms with Crippen LogP contribution < -0.4 is 0 Å². The zero-order valence-electron chi connectivity index (χ0n) is 6.58. The van der Waals surface area contributed by atoms with Gasteiger partial charge in [-0.15, -0.1) is 0 Å². The molecule has 0 aromatic carbocycles. The van der Waals surface area contributed by atoms with E-state index in [9.17, 15) is 0 Å². The molecule has 1 fully saturated rings. The zero-order chi connectivity index (χ0) is 7.98. The second-order valence-electron chi connectivity index (χ2n) is 2.08. The summed E-state index contributed by atoms with van der Waals surface area (Å²) in [6, 6.07) is 0. The summed E-state index contributed by atoms with van der Waals surface area (Å²) in [6.07, 6.45) is -0.461. The lowest BCUT2D eigenvalue weighted by molar-refractivity contribution is -0.0714. The molecule has 0 spiro atoms. The maximum Gasteiger partial charge on any atom is 0.0799 e. The Labute approximate surface area is 61.6 Å². The average Bonchev–Trinajstić information content (AvgIpc) is 1.91. The molecule has 1 aliphatic rings. The third-order valence-corrected chi connectivity index (χ3v) is 1.16. The van der Waals surface area contributed by atoms with Crippen LogP contribution in [0, 0.1) is 0 Å². The molecule has 2 unspecified atom stereocenters. The first kappa shape index (κ1) is 9.88. The largest absolute Gasteiger partial charge is 0.391 e. The van der Waals surface area contributed by atoms with Crippen LogP contribution >= 0.6 is 0 Å². The van der Waals surface area contributed by atoms with Crippen LogP contribution in [-0.4, -0.2) is 35.6 Å². The maximum absolute atomic E-state index is 8.79. The first-order valence-corrected chi connectivity index (χ1v) is 3.73. The predicted octanol–water partition coefficient (Wildman–Crippen LogP) is 0.155. The lowest BCUT2D eigenvalue weighted by Gasteiger charge is -2.21. The highest BCUT2D eigenvalue weighted by atomic mass is 16.5. The summed E-state index contributed by atoms with van der Waals surface area (Å²) in [5.74, 6) is 0. The van der Waals surface area contributed by atoms with Gasteiger partial charge in [-0.25, -0.2) is 0 Å². The minimum absolute atomic E-state index is 0.372. The van der Waals surface area contributed by atoms with E-state index in [0.717, 1.165) is 0 Å². The molecule has 0 aromatic heterocycles. The lowest BCUT2D eigenvalue weighted by Crippen LogP contribution is -2.32. The zero-order valence-corrected chi connectivity index (χ0v) is 6.58. The van der Waals surface area contributed by atoms with Crippen molar-refractivity contribution < 1.29 is 14.9 Å². The molecule has 0 bridgehead atoms. The Morgan fingerprint density at radius 1 is 1.10 bits per heavy atom. The van der Waals surface area contributed by atoms with E-state index < -0.39 is 12.2 Å². The molecule has 1 rings (SSSR count). The van der Waals surface area contributed by atoms with E-state index in [1.165, 1.54) is 0 Å². The Kier molecular flexibility index (Phi) is 5.58. The normalized spacial score (nSPS) is 32.4. The van der Waals surface area contributed by atoms with E-state index in [0.29, 0.717) is 19.6 Å². The van der Waals surface area contributed by atoms with Crippen molar-refractivity contribution in [2.75, 3.05) is 13.2 Å². The van der Waals surface area contributed by atoms with Crippen molar-refractivity contribution in [1.29, 1.82) is 0 Å². The number of ether oxygens (including phenoxy) is 1. The lowest BCUT2D eigenvalue weighted by atomic mass is 10.1.